The van der Waals surface area contributed by atoms with Crippen LogP contribution in [-0.2, 0) is 6.54 Å². The van der Waals surface area contributed by atoms with Crippen LogP contribution in [0.1, 0.15) is 16.1 Å². The predicted molar refractivity (Wildman–Crippen MR) is 70.9 cm³/mol. The highest BCUT2D eigenvalue weighted by molar-refractivity contribution is 5.92. The molecule has 0 spiro atoms. The Balaban J connectivity index is 1.85. The van der Waals surface area contributed by atoms with Crippen LogP contribution in [0, 0.1) is 0 Å². The molecular formula is C15H14N2O2. The molecule has 0 atom stereocenters. The molecule has 1 aliphatic heterocycles. The number of amides is 1. The third-order valence-electron chi connectivity index (χ3n) is 3.12. The number of fused-ring (bicyclic) bond motifs is 1. The maximum atomic E-state index is 12.4. The Kier molecular flexibility index (Phi) is 3.14. The summed E-state index contributed by atoms with van der Waals surface area (Å²) in [4.78, 5) is 18.3. The number of pyridine rings is 1. The Morgan fingerprint density at radius 2 is 2.00 bits per heavy atom. The fourth-order valence-electron chi connectivity index (χ4n) is 2.15. The summed E-state index contributed by atoms with van der Waals surface area (Å²) >= 11 is 0. The Hall–Kier alpha value is -2.36. The smallest absolute Gasteiger partial charge is 0.272 e. The zero-order chi connectivity index (χ0) is 13.1. The fraction of sp³-hybridized carbons (Fsp3) is 0.200. The molecule has 0 bridgehead atoms. The van der Waals surface area contributed by atoms with Crippen molar-refractivity contribution >= 4 is 5.91 Å². The Labute approximate surface area is 111 Å². The molecule has 2 heterocycles. The number of para-hydroxylation sites is 1. The molecule has 1 aromatic carbocycles. The highest BCUT2D eigenvalue weighted by Gasteiger charge is 2.21. The van der Waals surface area contributed by atoms with Crippen LogP contribution in [-0.4, -0.2) is 28.9 Å². The SMILES string of the molecule is O=C(c1ccccn1)N1CCOc2ccccc2C1. The van der Waals surface area contributed by atoms with Crippen LogP contribution in [0.15, 0.2) is 48.7 Å². The van der Waals surface area contributed by atoms with E-state index in [4.69, 9.17) is 4.74 Å². The standard InChI is InChI=1S/C15H14N2O2/c18-15(13-6-3-4-8-16-13)17-9-10-19-14-7-2-1-5-12(14)11-17/h1-8H,9-11H2. The molecule has 96 valence electrons. The average Bonchev–Trinajstić information content (AvgIpc) is 2.69. The van der Waals surface area contributed by atoms with Crippen LogP contribution in [0.2, 0.25) is 0 Å². The largest absolute Gasteiger partial charge is 0.491 e. The molecule has 0 saturated carbocycles. The van der Waals surface area contributed by atoms with Gasteiger partial charge in [-0.2, -0.15) is 0 Å². The Morgan fingerprint density at radius 3 is 2.84 bits per heavy atom. The summed E-state index contributed by atoms with van der Waals surface area (Å²) in [7, 11) is 0. The molecule has 19 heavy (non-hydrogen) atoms. The summed E-state index contributed by atoms with van der Waals surface area (Å²) < 4.78 is 5.65. The molecule has 1 aliphatic rings. The molecule has 0 radical (unpaired) electrons. The van der Waals surface area contributed by atoms with Crippen molar-refractivity contribution in [2.75, 3.05) is 13.2 Å². The third-order valence-corrected chi connectivity index (χ3v) is 3.12. The molecular weight excluding hydrogens is 240 g/mol. The van der Waals surface area contributed by atoms with E-state index in [0.717, 1.165) is 11.3 Å². The molecule has 0 unspecified atom stereocenters. The molecule has 0 N–H and O–H groups in total. The van der Waals surface area contributed by atoms with E-state index in [9.17, 15) is 4.79 Å². The van der Waals surface area contributed by atoms with Gasteiger partial charge in [-0.15, -0.1) is 0 Å². The van der Waals surface area contributed by atoms with Gasteiger partial charge in [-0.3, -0.25) is 9.78 Å². The van der Waals surface area contributed by atoms with Crippen molar-refractivity contribution in [1.29, 1.82) is 0 Å². The third kappa shape index (κ3) is 2.42. The lowest BCUT2D eigenvalue weighted by atomic mass is 10.2. The zero-order valence-corrected chi connectivity index (χ0v) is 10.5. The second-order valence-corrected chi connectivity index (χ2v) is 4.40. The van der Waals surface area contributed by atoms with Crippen LogP contribution in [0.25, 0.3) is 0 Å². The van der Waals surface area contributed by atoms with Gasteiger partial charge in [0, 0.05) is 18.3 Å². The van der Waals surface area contributed by atoms with Gasteiger partial charge in [-0.05, 0) is 18.2 Å². The van der Waals surface area contributed by atoms with Gasteiger partial charge >= 0.3 is 0 Å². The number of benzene rings is 1. The minimum Gasteiger partial charge on any atom is -0.491 e. The molecule has 4 heteroatoms. The maximum Gasteiger partial charge on any atom is 0.272 e. The minimum atomic E-state index is -0.0547. The highest BCUT2D eigenvalue weighted by atomic mass is 16.5. The number of aromatic nitrogens is 1. The molecule has 4 nitrogen and oxygen atoms in total. The molecule has 3 rings (SSSR count). The second-order valence-electron chi connectivity index (χ2n) is 4.40. The Bertz CT molecular complexity index is 584. The lowest BCUT2D eigenvalue weighted by molar-refractivity contribution is 0.0727. The van der Waals surface area contributed by atoms with E-state index >= 15 is 0 Å². The first kappa shape index (κ1) is 11.7. The van der Waals surface area contributed by atoms with Gasteiger partial charge in [0.25, 0.3) is 5.91 Å². The fourth-order valence-corrected chi connectivity index (χ4v) is 2.15. The first-order valence-corrected chi connectivity index (χ1v) is 6.25. The summed E-state index contributed by atoms with van der Waals surface area (Å²) in [5.74, 6) is 0.805. The van der Waals surface area contributed by atoms with Crippen molar-refractivity contribution in [2.24, 2.45) is 0 Å². The summed E-state index contributed by atoms with van der Waals surface area (Å²) in [6, 6.07) is 13.2. The molecule has 1 aromatic heterocycles. The summed E-state index contributed by atoms with van der Waals surface area (Å²) in [6.45, 7) is 1.64. The number of nitrogens with zero attached hydrogens (tertiary/aromatic N) is 2. The molecule has 0 aliphatic carbocycles. The maximum absolute atomic E-state index is 12.4. The Morgan fingerprint density at radius 1 is 1.16 bits per heavy atom. The van der Waals surface area contributed by atoms with Gasteiger partial charge in [0.2, 0.25) is 0 Å². The van der Waals surface area contributed by atoms with Crippen molar-refractivity contribution < 1.29 is 9.53 Å². The molecule has 0 fully saturated rings. The topological polar surface area (TPSA) is 42.4 Å². The minimum absolute atomic E-state index is 0.0547. The van der Waals surface area contributed by atoms with Crippen molar-refractivity contribution in [3.63, 3.8) is 0 Å². The van der Waals surface area contributed by atoms with Crippen LogP contribution in [0.4, 0.5) is 0 Å². The van der Waals surface area contributed by atoms with E-state index in [-0.39, 0.29) is 5.91 Å². The average molecular weight is 254 g/mol. The molecule has 2 aromatic rings. The number of hydrogen-bond acceptors (Lipinski definition) is 3. The number of carbonyl (C=O) groups is 1. The van der Waals surface area contributed by atoms with E-state index < -0.39 is 0 Å². The quantitative estimate of drug-likeness (QED) is 0.782. The van der Waals surface area contributed by atoms with Gasteiger partial charge < -0.3 is 9.64 Å². The van der Waals surface area contributed by atoms with E-state index in [0.29, 0.717) is 25.4 Å². The lowest BCUT2D eigenvalue weighted by Gasteiger charge is -2.19. The van der Waals surface area contributed by atoms with Crippen molar-refractivity contribution in [1.82, 2.24) is 9.88 Å². The van der Waals surface area contributed by atoms with Crippen molar-refractivity contribution in [3.05, 3.63) is 59.9 Å². The number of hydrogen-bond donors (Lipinski definition) is 0. The van der Waals surface area contributed by atoms with E-state index in [1.165, 1.54) is 0 Å². The summed E-state index contributed by atoms with van der Waals surface area (Å²) in [5, 5.41) is 0. The number of carbonyl (C=O) groups excluding carboxylic acids is 1. The number of ether oxygens (including phenoxy) is 1. The van der Waals surface area contributed by atoms with Crippen LogP contribution >= 0.6 is 0 Å². The normalized spacial score (nSPS) is 14.2. The van der Waals surface area contributed by atoms with Gasteiger partial charge in [-0.1, -0.05) is 24.3 Å². The van der Waals surface area contributed by atoms with Crippen LogP contribution in [0.3, 0.4) is 0 Å². The van der Waals surface area contributed by atoms with Crippen LogP contribution < -0.4 is 4.74 Å². The first-order valence-electron chi connectivity index (χ1n) is 6.25. The second kappa shape index (κ2) is 5.10. The van der Waals surface area contributed by atoms with Crippen LogP contribution in [0.5, 0.6) is 5.75 Å². The van der Waals surface area contributed by atoms with Gasteiger partial charge in [0.1, 0.15) is 18.1 Å². The highest BCUT2D eigenvalue weighted by Crippen LogP contribution is 2.23. The monoisotopic (exact) mass is 254 g/mol. The molecule has 0 saturated heterocycles. The predicted octanol–water partition coefficient (Wildman–Crippen LogP) is 2.12. The molecule has 1 amide bonds. The van der Waals surface area contributed by atoms with E-state index in [1.807, 2.05) is 30.3 Å². The van der Waals surface area contributed by atoms with Crippen molar-refractivity contribution in [3.8, 4) is 5.75 Å². The zero-order valence-electron chi connectivity index (χ0n) is 10.5. The van der Waals surface area contributed by atoms with E-state index in [2.05, 4.69) is 4.98 Å². The number of rotatable bonds is 1. The van der Waals surface area contributed by atoms with Gasteiger partial charge in [0.15, 0.2) is 0 Å². The van der Waals surface area contributed by atoms with E-state index in [1.54, 1.807) is 23.2 Å². The summed E-state index contributed by atoms with van der Waals surface area (Å²) in [5.41, 5.74) is 1.51. The summed E-state index contributed by atoms with van der Waals surface area (Å²) in [6.07, 6.45) is 1.63. The van der Waals surface area contributed by atoms with Crippen molar-refractivity contribution in [2.45, 2.75) is 6.54 Å². The van der Waals surface area contributed by atoms with Gasteiger partial charge in [-0.25, -0.2) is 0 Å². The van der Waals surface area contributed by atoms with Gasteiger partial charge in [0.05, 0.1) is 6.54 Å². The first-order chi connectivity index (χ1) is 9.34. The lowest BCUT2D eigenvalue weighted by Crippen LogP contribution is -2.32.